The fraction of sp³-hybridized carbons (Fsp3) is 0.277. The number of fused-ring (bicyclic) bond motifs is 3. The zero-order valence-electron chi connectivity index (χ0n) is 63.3. The van der Waals surface area contributed by atoms with Gasteiger partial charge in [0.25, 0.3) is 16.7 Å². The molecule has 2 fully saturated rings. The Morgan fingerprint density at radius 2 is 1.03 bits per heavy atom. The van der Waals surface area contributed by atoms with Gasteiger partial charge < -0.3 is 63.3 Å². The maximum Gasteiger partial charge on any atom is 0.413 e. The molecule has 4 aromatic carbocycles. The molecule has 2 saturated heterocycles. The molecule has 8 N–H and O–H groups in total. The number of aromatic nitrogens is 12. The lowest BCUT2D eigenvalue weighted by atomic mass is 9.99. The lowest BCUT2D eigenvalue weighted by Gasteiger charge is -2.30. The number of nitrogens with one attached hydrogen (secondary N) is 8. The molecular formula is C83H89N19O9. The van der Waals surface area contributed by atoms with E-state index in [-0.39, 0.29) is 59.5 Å². The summed E-state index contributed by atoms with van der Waals surface area (Å²) in [7, 11) is 7.58. The van der Waals surface area contributed by atoms with Crippen LogP contribution in [0.25, 0.3) is 100 Å². The van der Waals surface area contributed by atoms with E-state index in [9.17, 15) is 28.8 Å². The second kappa shape index (κ2) is 34.4. The van der Waals surface area contributed by atoms with E-state index in [4.69, 9.17) is 14.2 Å². The summed E-state index contributed by atoms with van der Waals surface area (Å²) in [5.41, 5.74) is 15.2. The average molecular weight is 1500 g/mol. The monoisotopic (exact) mass is 1500 g/mol. The van der Waals surface area contributed by atoms with Crippen LogP contribution in [-0.4, -0.2) is 160 Å². The first-order chi connectivity index (χ1) is 53.8. The molecule has 28 nitrogen and oxygen atoms in total. The van der Waals surface area contributed by atoms with E-state index < -0.39 is 6.09 Å². The molecule has 570 valence electrons. The molecular weight excluding hydrogens is 1410 g/mol. The molecule has 5 amide bonds. The summed E-state index contributed by atoms with van der Waals surface area (Å²) in [4.78, 5) is 117. The van der Waals surface area contributed by atoms with Gasteiger partial charge in [0.05, 0.1) is 76.1 Å². The van der Waals surface area contributed by atoms with Gasteiger partial charge in [0, 0.05) is 105 Å². The normalized spacial score (nSPS) is 13.7. The number of urea groups is 2. The second-order valence-electron chi connectivity index (χ2n) is 27.4. The van der Waals surface area contributed by atoms with Gasteiger partial charge in [-0.2, -0.15) is 0 Å². The zero-order valence-corrected chi connectivity index (χ0v) is 63.3. The number of carbonyl (C=O) groups excluding carboxylic acids is 3. The maximum absolute atomic E-state index is 13.5. The Labute approximate surface area is 639 Å². The van der Waals surface area contributed by atoms with Crippen LogP contribution in [0, 0.1) is 6.92 Å². The van der Waals surface area contributed by atoms with E-state index in [0.717, 1.165) is 142 Å². The Bertz CT molecular complexity index is 5680. The molecule has 0 bridgehead atoms. The highest BCUT2D eigenvalue weighted by molar-refractivity contribution is 6.01. The third-order valence-electron chi connectivity index (χ3n) is 19.6. The van der Waals surface area contributed by atoms with E-state index in [1.165, 1.54) is 4.57 Å². The van der Waals surface area contributed by atoms with Crippen molar-refractivity contribution in [3.8, 4) is 78.7 Å². The summed E-state index contributed by atoms with van der Waals surface area (Å²) in [6.07, 6.45) is 12.3. The number of nitrogens with zero attached hydrogens (tertiary/aromatic N) is 11. The highest BCUT2D eigenvalue weighted by Gasteiger charge is 2.24. The SMILES string of the molecule is CCNC(=O)Nc1nc2c(-c3ccccn3)cc(-c3cc(C)n(C(C)c4cccc(OC)c4)c(=O)c3)cc2[nH]1.CCNC(=O)Nc1nc2c(-c3ccccn3)cc(-c3ccn(C4CCN(C)CC4)c(=O)c3)cc2[nH]1.CCOC(=O)Nc1nc2c(-c3ccc(OC4CCN(C)CC4)cn3)cc(-c3ccn(C)c(=O)c3)cc2[nH]1. The van der Waals surface area contributed by atoms with Gasteiger partial charge >= 0.3 is 18.2 Å². The highest BCUT2D eigenvalue weighted by Crippen LogP contribution is 2.38. The standard InChI is InChI=1S/C30H30N6O3.C27H30N6O4.C26H29N7O2/c1-5-31-30(38)35-29-33-26-16-22(15-24(28(26)34-29)25-11-6-7-12-32-25)21-13-18(2)36(27(37)17-21)19(3)20-9-8-10-23(14-20)39-4;1-4-36-27(35)31-26-29-23-14-18(17-7-12-33(3)24(34)15-17)13-21(25(23)30-26)22-6-5-20(16-28-22)37-19-8-10-32(2)11-9-19;1-3-27-26(35)31-25-29-22-15-18(14-20(24(22)30-25)21-6-4-5-10-28-21)17-7-13-33(23(34)16-17)19-8-11-32(2)12-9-19/h6-17,19H,5H2,1-4H3,(H3,31,33,34,35,38);5-7,12-16,19H,4,8-11H2,1-3H3,(H2,29,30,31,35);4-7,10,13-16,19H,3,8-9,11-12H2,1-2H3,(H3,27,29,30,31,35). The number of amides is 5. The van der Waals surface area contributed by atoms with Crippen molar-refractivity contribution >= 4 is 69.1 Å². The van der Waals surface area contributed by atoms with Crippen molar-refractivity contribution in [1.29, 1.82) is 0 Å². The van der Waals surface area contributed by atoms with E-state index in [2.05, 4.69) is 95.3 Å². The first-order valence-corrected chi connectivity index (χ1v) is 37.0. The van der Waals surface area contributed by atoms with Crippen molar-refractivity contribution in [2.45, 2.75) is 78.5 Å². The number of pyridine rings is 6. The minimum atomic E-state index is -0.594. The van der Waals surface area contributed by atoms with Crippen LogP contribution in [0.3, 0.4) is 0 Å². The predicted octanol–water partition coefficient (Wildman–Crippen LogP) is 13.4. The Morgan fingerprint density at radius 1 is 0.523 bits per heavy atom. The maximum atomic E-state index is 13.5. The summed E-state index contributed by atoms with van der Waals surface area (Å²) in [6.45, 7) is 14.7. The fourth-order valence-electron chi connectivity index (χ4n) is 13.9. The quantitative estimate of drug-likeness (QED) is 0.0396. The summed E-state index contributed by atoms with van der Waals surface area (Å²) < 4.78 is 21.7. The molecule has 11 heterocycles. The van der Waals surface area contributed by atoms with Crippen molar-refractivity contribution in [1.82, 2.24) is 79.0 Å². The Morgan fingerprint density at radius 3 is 1.51 bits per heavy atom. The molecule has 0 saturated carbocycles. The van der Waals surface area contributed by atoms with E-state index >= 15 is 0 Å². The summed E-state index contributed by atoms with van der Waals surface area (Å²) in [5, 5.41) is 13.5. The molecule has 9 aromatic heterocycles. The summed E-state index contributed by atoms with van der Waals surface area (Å²) in [6, 6.07) is 44.8. The molecule has 0 radical (unpaired) electrons. The first-order valence-electron chi connectivity index (χ1n) is 37.0. The highest BCUT2D eigenvalue weighted by atomic mass is 16.5. The molecule has 111 heavy (non-hydrogen) atoms. The second-order valence-corrected chi connectivity index (χ2v) is 27.4. The van der Waals surface area contributed by atoms with E-state index in [1.54, 1.807) is 68.6 Å². The lowest BCUT2D eigenvalue weighted by molar-refractivity contribution is 0.114. The summed E-state index contributed by atoms with van der Waals surface area (Å²) >= 11 is 0. The van der Waals surface area contributed by atoms with Crippen molar-refractivity contribution in [3.63, 3.8) is 0 Å². The first kappa shape index (κ1) is 76.1. The Balaban J connectivity index is 0.000000146. The molecule has 15 rings (SSSR count). The molecule has 28 heteroatoms. The topological polar surface area (TPSA) is 336 Å². The molecule has 2 aliphatic heterocycles. The number of piperidine rings is 2. The average Bonchev–Trinajstić information content (AvgIpc) is 1.70. The van der Waals surface area contributed by atoms with Gasteiger partial charge in [0.2, 0.25) is 17.8 Å². The number of imidazole rings is 3. The smallest absolute Gasteiger partial charge is 0.413 e. The number of aromatic amines is 3. The third kappa shape index (κ3) is 18.1. The van der Waals surface area contributed by atoms with Crippen LogP contribution in [0.4, 0.5) is 32.2 Å². The van der Waals surface area contributed by atoms with Crippen LogP contribution < -0.4 is 52.7 Å². The molecule has 0 aliphatic carbocycles. The van der Waals surface area contributed by atoms with Gasteiger partial charge in [0.15, 0.2) is 0 Å². The van der Waals surface area contributed by atoms with Crippen LogP contribution in [0.15, 0.2) is 191 Å². The summed E-state index contributed by atoms with van der Waals surface area (Å²) in [5.74, 6) is 2.40. The van der Waals surface area contributed by atoms with Crippen molar-refractivity contribution < 1.29 is 28.6 Å². The van der Waals surface area contributed by atoms with Crippen LogP contribution in [-0.2, 0) is 11.8 Å². The molecule has 0 spiro atoms. The number of methoxy groups -OCH3 is 1. The largest absolute Gasteiger partial charge is 0.497 e. The number of carbonyl (C=O) groups is 3. The fourth-order valence-corrected chi connectivity index (χ4v) is 13.9. The van der Waals surface area contributed by atoms with Crippen molar-refractivity contribution in [3.05, 3.63) is 219 Å². The van der Waals surface area contributed by atoms with Crippen LogP contribution >= 0.6 is 0 Å². The number of anilines is 3. The molecule has 1 unspecified atom stereocenters. The Hall–Kier alpha value is -13.1. The van der Waals surface area contributed by atoms with Crippen LogP contribution in [0.1, 0.15) is 76.7 Å². The number of rotatable bonds is 18. The minimum Gasteiger partial charge on any atom is -0.497 e. The van der Waals surface area contributed by atoms with Gasteiger partial charge in [-0.05, 0) is 230 Å². The third-order valence-corrected chi connectivity index (χ3v) is 19.6. The number of hydrogen-bond donors (Lipinski definition) is 8. The van der Waals surface area contributed by atoms with Crippen molar-refractivity contribution in [2.75, 3.05) is 83.0 Å². The number of hydrogen-bond acceptors (Lipinski definition) is 17. The minimum absolute atomic E-state index is 0.000241. The van der Waals surface area contributed by atoms with Gasteiger partial charge in [-0.3, -0.25) is 45.3 Å². The molecule has 1 atom stereocenters. The lowest BCUT2D eigenvalue weighted by Crippen LogP contribution is -2.35. The predicted molar refractivity (Wildman–Crippen MR) is 433 cm³/mol. The van der Waals surface area contributed by atoms with E-state index in [0.29, 0.717) is 58.3 Å². The molecule has 2 aliphatic rings. The number of ether oxygens (including phenoxy) is 3. The van der Waals surface area contributed by atoms with Gasteiger partial charge in [0.1, 0.15) is 17.6 Å². The van der Waals surface area contributed by atoms with E-state index in [1.807, 2.05) is 166 Å². The zero-order chi connectivity index (χ0) is 77.8. The van der Waals surface area contributed by atoms with Gasteiger partial charge in [-0.1, -0.05) is 24.3 Å². The van der Waals surface area contributed by atoms with Crippen molar-refractivity contribution in [2.24, 2.45) is 7.05 Å². The molecule has 13 aromatic rings. The van der Waals surface area contributed by atoms with Gasteiger partial charge in [-0.25, -0.2) is 29.3 Å². The van der Waals surface area contributed by atoms with Crippen LogP contribution in [0.5, 0.6) is 11.5 Å². The van der Waals surface area contributed by atoms with Gasteiger partial charge in [-0.15, -0.1) is 0 Å². The Kier molecular flexibility index (Phi) is 23.6. The number of likely N-dealkylation sites (tertiary alicyclic amines) is 2. The number of aryl methyl sites for hydroxylation is 2. The van der Waals surface area contributed by atoms with Crippen LogP contribution in [0.2, 0.25) is 0 Å². The number of H-pyrrole nitrogens is 3. The number of benzene rings is 4.